The van der Waals surface area contributed by atoms with E-state index >= 15 is 0 Å². The number of nitrogens with zero attached hydrogens (tertiary/aromatic N) is 2. The van der Waals surface area contributed by atoms with Crippen molar-refractivity contribution in [1.29, 1.82) is 0 Å². The third kappa shape index (κ3) is 5.48. The number of amides is 1. The SMILES string of the molecule is O=C(CSc1nc2ccccc2o1)N/N=C\c1ccc(OCc2ccccc2)cc1. The molecule has 0 bridgehead atoms. The molecule has 6 nitrogen and oxygen atoms in total. The number of hydrogen-bond acceptors (Lipinski definition) is 6. The van der Waals surface area contributed by atoms with Gasteiger partial charge in [0, 0.05) is 0 Å². The van der Waals surface area contributed by atoms with Gasteiger partial charge in [-0.25, -0.2) is 10.4 Å². The molecule has 1 N–H and O–H groups in total. The van der Waals surface area contributed by atoms with Crippen molar-refractivity contribution in [2.45, 2.75) is 11.8 Å². The first-order chi connectivity index (χ1) is 14.8. The predicted molar refractivity (Wildman–Crippen MR) is 118 cm³/mol. The lowest BCUT2D eigenvalue weighted by molar-refractivity contribution is -0.118. The number of para-hydroxylation sites is 2. The van der Waals surface area contributed by atoms with Crippen molar-refractivity contribution in [2.75, 3.05) is 5.75 Å². The molecule has 7 heteroatoms. The fraction of sp³-hybridized carbons (Fsp3) is 0.0870. The molecule has 1 heterocycles. The van der Waals surface area contributed by atoms with E-state index in [1.54, 1.807) is 6.21 Å². The van der Waals surface area contributed by atoms with E-state index in [0.29, 0.717) is 17.4 Å². The van der Waals surface area contributed by atoms with Crippen LogP contribution in [-0.2, 0) is 11.4 Å². The summed E-state index contributed by atoms with van der Waals surface area (Å²) in [4.78, 5) is 16.3. The Hall–Kier alpha value is -3.58. The summed E-state index contributed by atoms with van der Waals surface area (Å²) < 4.78 is 11.3. The molecule has 0 radical (unpaired) electrons. The monoisotopic (exact) mass is 417 g/mol. The lowest BCUT2D eigenvalue weighted by Gasteiger charge is -2.06. The van der Waals surface area contributed by atoms with Gasteiger partial charge in [-0.1, -0.05) is 54.2 Å². The number of oxazole rings is 1. The van der Waals surface area contributed by atoms with Gasteiger partial charge in [0.05, 0.1) is 12.0 Å². The maximum Gasteiger partial charge on any atom is 0.257 e. The lowest BCUT2D eigenvalue weighted by atomic mass is 10.2. The summed E-state index contributed by atoms with van der Waals surface area (Å²) in [6, 6.07) is 25.0. The molecule has 0 saturated heterocycles. The molecule has 0 atom stereocenters. The molecule has 30 heavy (non-hydrogen) atoms. The van der Waals surface area contributed by atoms with Crippen LogP contribution in [0.5, 0.6) is 5.75 Å². The molecule has 0 aliphatic rings. The zero-order chi connectivity index (χ0) is 20.6. The van der Waals surface area contributed by atoms with Crippen molar-refractivity contribution < 1.29 is 13.9 Å². The normalized spacial score (nSPS) is 11.1. The number of carbonyl (C=O) groups excluding carboxylic acids is 1. The summed E-state index contributed by atoms with van der Waals surface area (Å²) in [5, 5.41) is 4.45. The van der Waals surface area contributed by atoms with Crippen LogP contribution in [0, 0.1) is 0 Å². The van der Waals surface area contributed by atoms with E-state index in [4.69, 9.17) is 9.15 Å². The van der Waals surface area contributed by atoms with E-state index in [9.17, 15) is 4.79 Å². The first kappa shape index (κ1) is 19.7. The van der Waals surface area contributed by atoms with Gasteiger partial charge < -0.3 is 9.15 Å². The van der Waals surface area contributed by atoms with E-state index in [-0.39, 0.29) is 11.7 Å². The molecular weight excluding hydrogens is 398 g/mol. The standard InChI is InChI=1S/C23H19N3O3S/c27-22(16-30-23-25-20-8-4-5-9-21(20)29-23)26-24-14-17-10-12-19(13-11-17)28-15-18-6-2-1-3-7-18/h1-14H,15-16H2,(H,26,27)/b24-14-. The zero-order valence-electron chi connectivity index (χ0n) is 16.0. The molecule has 3 aromatic carbocycles. The Kier molecular flexibility index (Phi) is 6.41. The summed E-state index contributed by atoms with van der Waals surface area (Å²) in [6.07, 6.45) is 1.59. The highest BCUT2D eigenvalue weighted by atomic mass is 32.2. The molecule has 0 fully saturated rings. The number of rotatable bonds is 8. The van der Waals surface area contributed by atoms with Gasteiger partial charge in [0.25, 0.3) is 11.1 Å². The van der Waals surface area contributed by atoms with Crippen LogP contribution in [-0.4, -0.2) is 22.9 Å². The second-order valence-corrected chi connectivity index (χ2v) is 7.30. The number of aromatic nitrogens is 1. The van der Waals surface area contributed by atoms with E-state index < -0.39 is 0 Å². The van der Waals surface area contributed by atoms with Crippen molar-refractivity contribution >= 4 is 35.0 Å². The van der Waals surface area contributed by atoms with Crippen LogP contribution in [0.25, 0.3) is 11.1 Å². The second-order valence-electron chi connectivity index (χ2n) is 6.37. The van der Waals surface area contributed by atoms with Crippen LogP contribution in [0.2, 0.25) is 0 Å². The minimum absolute atomic E-state index is 0.163. The van der Waals surface area contributed by atoms with E-state index in [1.807, 2.05) is 78.9 Å². The third-order valence-corrected chi connectivity index (χ3v) is 4.96. The third-order valence-electron chi connectivity index (χ3n) is 4.13. The Balaban J connectivity index is 1.22. The quantitative estimate of drug-likeness (QED) is 0.257. The second kappa shape index (κ2) is 9.76. The number of hydrogen-bond donors (Lipinski definition) is 1. The van der Waals surface area contributed by atoms with Crippen molar-refractivity contribution in [3.63, 3.8) is 0 Å². The number of fused-ring (bicyclic) bond motifs is 1. The molecule has 1 aromatic heterocycles. The molecule has 0 spiro atoms. The number of carbonyl (C=O) groups is 1. The topological polar surface area (TPSA) is 76.7 Å². The van der Waals surface area contributed by atoms with Crippen LogP contribution in [0.3, 0.4) is 0 Å². The first-order valence-electron chi connectivity index (χ1n) is 9.33. The summed E-state index contributed by atoms with van der Waals surface area (Å²) in [7, 11) is 0. The average molecular weight is 417 g/mol. The molecule has 0 unspecified atom stereocenters. The van der Waals surface area contributed by atoms with Crippen LogP contribution in [0.1, 0.15) is 11.1 Å². The van der Waals surface area contributed by atoms with Gasteiger partial charge in [0.2, 0.25) is 0 Å². The van der Waals surface area contributed by atoms with E-state index in [1.165, 1.54) is 11.8 Å². The largest absolute Gasteiger partial charge is 0.489 e. The Morgan fingerprint density at radius 1 is 1.03 bits per heavy atom. The Morgan fingerprint density at radius 2 is 1.80 bits per heavy atom. The maximum absolute atomic E-state index is 12.0. The Labute approximate surface area is 178 Å². The lowest BCUT2D eigenvalue weighted by Crippen LogP contribution is -2.19. The molecule has 0 aliphatic carbocycles. The van der Waals surface area contributed by atoms with Gasteiger partial charge in [0.1, 0.15) is 17.9 Å². The number of hydrazone groups is 1. The van der Waals surface area contributed by atoms with Crippen LogP contribution >= 0.6 is 11.8 Å². The molecule has 0 aliphatic heterocycles. The maximum atomic E-state index is 12.0. The highest BCUT2D eigenvalue weighted by Gasteiger charge is 2.08. The van der Waals surface area contributed by atoms with Gasteiger partial charge in [-0.05, 0) is 47.5 Å². The molecule has 0 saturated carbocycles. The fourth-order valence-electron chi connectivity index (χ4n) is 2.64. The summed E-state index contributed by atoms with van der Waals surface area (Å²) in [6.45, 7) is 0.516. The Morgan fingerprint density at radius 3 is 2.60 bits per heavy atom. The Bertz CT molecular complexity index is 1110. The number of thioether (sulfide) groups is 1. The van der Waals surface area contributed by atoms with Crippen molar-refractivity contribution in [3.8, 4) is 5.75 Å². The van der Waals surface area contributed by atoms with Gasteiger partial charge in [-0.15, -0.1) is 0 Å². The van der Waals surface area contributed by atoms with Gasteiger partial charge >= 0.3 is 0 Å². The average Bonchev–Trinajstić information content (AvgIpc) is 3.21. The minimum atomic E-state index is -0.235. The van der Waals surface area contributed by atoms with Crippen LogP contribution in [0.15, 0.2) is 93.6 Å². The van der Waals surface area contributed by atoms with E-state index in [2.05, 4.69) is 15.5 Å². The smallest absolute Gasteiger partial charge is 0.257 e. The molecule has 1 amide bonds. The number of ether oxygens (including phenoxy) is 1. The van der Waals surface area contributed by atoms with Gasteiger partial charge in [-0.2, -0.15) is 5.10 Å². The van der Waals surface area contributed by atoms with Gasteiger partial charge in [-0.3, -0.25) is 4.79 Å². The summed E-state index contributed by atoms with van der Waals surface area (Å²) in [5.41, 5.74) is 5.95. The van der Waals surface area contributed by atoms with Crippen LogP contribution < -0.4 is 10.2 Å². The predicted octanol–water partition coefficient (Wildman–Crippen LogP) is 4.65. The summed E-state index contributed by atoms with van der Waals surface area (Å²) >= 11 is 1.23. The van der Waals surface area contributed by atoms with Crippen molar-refractivity contribution in [1.82, 2.24) is 10.4 Å². The number of nitrogens with one attached hydrogen (secondary N) is 1. The number of benzene rings is 3. The molecule has 4 rings (SSSR count). The fourth-order valence-corrected chi connectivity index (χ4v) is 3.27. The zero-order valence-corrected chi connectivity index (χ0v) is 16.8. The van der Waals surface area contributed by atoms with Crippen molar-refractivity contribution in [3.05, 3.63) is 90.0 Å². The molecule has 4 aromatic rings. The molecule has 150 valence electrons. The highest BCUT2D eigenvalue weighted by molar-refractivity contribution is 7.99. The first-order valence-corrected chi connectivity index (χ1v) is 10.3. The minimum Gasteiger partial charge on any atom is -0.489 e. The highest BCUT2D eigenvalue weighted by Crippen LogP contribution is 2.22. The summed E-state index contributed by atoms with van der Waals surface area (Å²) in [5.74, 6) is 0.701. The van der Waals surface area contributed by atoms with Crippen LogP contribution in [0.4, 0.5) is 0 Å². The van der Waals surface area contributed by atoms with E-state index in [0.717, 1.165) is 22.4 Å². The molecular formula is C23H19N3O3S. The van der Waals surface area contributed by atoms with Gasteiger partial charge in [0.15, 0.2) is 5.58 Å². The van der Waals surface area contributed by atoms with Crippen molar-refractivity contribution in [2.24, 2.45) is 5.10 Å².